The number of carbonyl (C=O) groups is 1. The first-order valence-corrected chi connectivity index (χ1v) is 8.84. The lowest BCUT2D eigenvalue weighted by molar-refractivity contribution is -0.115. The van der Waals surface area contributed by atoms with E-state index < -0.39 is 0 Å². The molecule has 0 bridgehead atoms. The van der Waals surface area contributed by atoms with E-state index in [1.165, 1.54) is 11.8 Å². The number of ether oxygens (including phenoxy) is 3. The van der Waals surface area contributed by atoms with Crippen LogP contribution >= 0.6 is 23.4 Å². The zero-order valence-corrected chi connectivity index (χ0v) is 15.2. The van der Waals surface area contributed by atoms with E-state index in [4.69, 9.17) is 25.8 Å². The van der Waals surface area contributed by atoms with Crippen LogP contribution in [0.15, 0.2) is 46.3 Å². The fourth-order valence-corrected chi connectivity index (χ4v) is 3.48. The second-order valence-corrected chi connectivity index (χ2v) is 6.84. The lowest BCUT2D eigenvalue weighted by Crippen LogP contribution is -2.19. The Bertz CT molecular complexity index is 941. The van der Waals surface area contributed by atoms with E-state index in [1.807, 2.05) is 24.3 Å². The summed E-state index contributed by atoms with van der Waals surface area (Å²) in [7, 11) is 1.60. The van der Waals surface area contributed by atoms with Gasteiger partial charge in [-0.2, -0.15) is 0 Å². The van der Waals surface area contributed by atoms with Gasteiger partial charge in [0.1, 0.15) is 5.75 Å². The molecule has 8 heteroatoms. The molecule has 2 heterocycles. The SMILES string of the molecule is COc1ccc(N=C2NC(=O)/C(=C/c3cc4c(cc3Cl)OCO4)S2)cc1. The van der Waals surface area contributed by atoms with Crippen molar-refractivity contribution in [1.29, 1.82) is 0 Å². The smallest absolute Gasteiger partial charge is 0.264 e. The molecule has 0 aliphatic carbocycles. The van der Waals surface area contributed by atoms with E-state index in [9.17, 15) is 4.79 Å². The zero-order chi connectivity index (χ0) is 18.1. The summed E-state index contributed by atoms with van der Waals surface area (Å²) >= 11 is 7.51. The summed E-state index contributed by atoms with van der Waals surface area (Å²) in [5.41, 5.74) is 1.40. The van der Waals surface area contributed by atoms with Gasteiger partial charge in [-0.25, -0.2) is 4.99 Å². The minimum Gasteiger partial charge on any atom is -0.497 e. The molecule has 26 heavy (non-hydrogen) atoms. The minimum atomic E-state index is -0.226. The van der Waals surface area contributed by atoms with Crippen molar-refractivity contribution in [3.05, 3.63) is 51.9 Å². The summed E-state index contributed by atoms with van der Waals surface area (Å²) in [6.07, 6.45) is 1.71. The van der Waals surface area contributed by atoms with Gasteiger partial charge >= 0.3 is 0 Å². The van der Waals surface area contributed by atoms with E-state index in [0.717, 1.165) is 11.4 Å². The van der Waals surface area contributed by atoms with Gasteiger partial charge in [-0.15, -0.1) is 0 Å². The van der Waals surface area contributed by atoms with Crippen molar-refractivity contribution in [1.82, 2.24) is 5.32 Å². The average Bonchev–Trinajstić information content (AvgIpc) is 3.22. The quantitative estimate of drug-likeness (QED) is 0.806. The number of hydrogen-bond acceptors (Lipinski definition) is 6. The highest BCUT2D eigenvalue weighted by Crippen LogP contribution is 2.38. The highest BCUT2D eigenvalue weighted by Gasteiger charge is 2.25. The molecule has 2 aliphatic rings. The predicted octanol–water partition coefficient (Wildman–Crippen LogP) is 3.97. The van der Waals surface area contributed by atoms with Gasteiger partial charge in [-0.3, -0.25) is 4.79 Å². The monoisotopic (exact) mass is 388 g/mol. The second kappa shape index (κ2) is 6.93. The normalized spacial score (nSPS) is 18.5. The minimum absolute atomic E-state index is 0.166. The number of halogens is 1. The van der Waals surface area contributed by atoms with Crippen molar-refractivity contribution >= 4 is 46.2 Å². The Kier molecular flexibility index (Phi) is 4.48. The van der Waals surface area contributed by atoms with Crippen molar-refractivity contribution < 1.29 is 19.0 Å². The van der Waals surface area contributed by atoms with Gasteiger partial charge in [0, 0.05) is 6.07 Å². The summed E-state index contributed by atoms with van der Waals surface area (Å²) in [4.78, 5) is 17.2. The van der Waals surface area contributed by atoms with Crippen LogP contribution in [0.3, 0.4) is 0 Å². The topological polar surface area (TPSA) is 69.2 Å². The van der Waals surface area contributed by atoms with Crippen LogP contribution < -0.4 is 19.5 Å². The van der Waals surface area contributed by atoms with Gasteiger partial charge in [0.15, 0.2) is 16.7 Å². The maximum Gasteiger partial charge on any atom is 0.264 e. The number of methoxy groups -OCH3 is 1. The number of rotatable bonds is 3. The van der Waals surface area contributed by atoms with E-state index in [-0.39, 0.29) is 12.7 Å². The first kappa shape index (κ1) is 16.8. The number of hydrogen-bond donors (Lipinski definition) is 1. The highest BCUT2D eigenvalue weighted by molar-refractivity contribution is 8.18. The van der Waals surface area contributed by atoms with E-state index in [0.29, 0.717) is 32.2 Å². The third-order valence-electron chi connectivity index (χ3n) is 3.73. The van der Waals surface area contributed by atoms with Gasteiger partial charge in [0.05, 0.1) is 22.7 Å². The van der Waals surface area contributed by atoms with Gasteiger partial charge in [0.25, 0.3) is 5.91 Å². The molecule has 0 spiro atoms. The first-order chi connectivity index (χ1) is 12.6. The Morgan fingerprint density at radius 1 is 1.23 bits per heavy atom. The van der Waals surface area contributed by atoms with Crippen molar-refractivity contribution in [3.63, 3.8) is 0 Å². The van der Waals surface area contributed by atoms with Crippen molar-refractivity contribution in [2.24, 2.45) is 4.99 Å². The summed E-state index contributed by atoms with van der Waals surface area (Å²) in [6.45, 7) is 0.166. The van der Waals surface area contributed by atoms with Crippen LogP contribution in [0.4, 0.5) is 5.69 Å². The summed E-state index contributed by atoms with van der Waals surface area (Å²) in [5, 5.41) is 3.73. The Morgan fingerprint density at radius 3 is 2.69 bits per heavy atom. The second-order valence-electron chi connectivity index (χ2n) is 5.41. The molecule has 1 N–H and O–H groups in total. The molecule has 1 amide bonds. The first-order valence-electron chi connectivity index (χ1n) is 7.65. The third-order valence-corrected chi connectivity index (χ3v) is 4.97. The number of amides is 1. The molecule has 0 saturated carbocycles. The molecular formula is C18H13ClN2O4S. The maximum absolute atomic E-state index is 12.2. The Morgan fingerprint density at radius 2 is 1.96 bits per heavy atom. The van der Waals surface area contributed by atoms with E-state index >= 15 is 0 Å². The van der Waals surface area contributed by atoms with Crippen LogP contribution in [-0.4, -0.2) is 25.0 Å². The van der Waals surface area contributed by atoms with Gasteiger partial charge in [0.2, 0.25) is 6.79 Å². The Balaban J connectivity index is 1.58. The summed E-state index contributed by atoms with van der Waals surface area (Å²) in [5.74, 6) is 1.73. The maximum atomic E-state index is 12.2. The number of nitrogens with zero attached hydrogens (tertiary/aromatic N) is 1. The van der Waals surface area contributed by atoms with E-state index in [2.05, 4.69) is 10.3 Å². The third kappa shape index (κ3) is 3.36. The molecule has 0 unspecified atom stereocenters. The fraction of sp³-hybridized carbons (Fsp3) is 0.111. The molecule has 132 valence electrons. The molecule has 0 radical (unpaired) electrons. The lowest BCUT2D eigenvalue weighted by atomic mass is 10.2. The van der Waals surface area contributed by atoms with Crippen LogP contribution in [-0.2, 0) is 4.79 Å². The largest absolute Gasteiger partial charge is 0.497 e. The van der Waals surface area contributed by atoms with Gasteiger partial charge < -0.3 is 19.5 Å². The number of nitrogens with one attached hydrogen (secondary N) is 1. The molecule has 4 rings (SSSR count). The molecule has 0 atom stereocenters. The van der Waals surface area contributed by atoms with Crippen LogP contribution in [0, 0.1) is 0 Å². The number of thioether (sulfide) groups is 1. The molecule has 1 saturated heterocycles. The number of aliphatic imine (C=N–C) groups is 1. The highest BCUT2D eigenvalue weighted by atomic mass is 35.5. The number of benzene rings is 2. The van der Waals surface area contributed by atoms with E-state index in [1.54, 1.807) is 25.3 Å². The number of carbonyl (C=O) groups excluding carboxylic acids is 1. The van der Waals surface area contributed by atoms with Crippen LogP contribution in [0.25, 0.3) is 6.08 Å². The van der Waals surface area contributed by atoms with Crippen LogP contribution in [0.2, 0.25) is 5.02 Å². The molecule has 2 aliphatic heterocycles. The fourth-order valence-electron chi connectivity index (χ4n) is 2.44. The van der Waals surface area contributed by atoms with Crippen LogP contribution in [0.1, 0.15) is 5.56 Å². The summed E-state index contributed by atoms with van der Waals surface area (Å²) < 4.78 is 15.8. The zero-order valence-electron chi connectivity index (χ0n) is 13.6. The van der Waals surface area contributed by atoms with Crippen molar-refractivity contribution in [2.45, 2.75) is 0 Å². The molecule has 2 aromatic carbocycles. The van der Waals surface area contributed by atoms with Crippen LogP contribution in [0.5, 0.6) is 17.2 Å². The molecule has 1 fully saturated rings. The average molecular weight is 389 g/mol. The number of fused-ring (bicyclic) bond motifs is 1. The summed E-state index contributed by atoms with van der Waals surface area (Å²) in [6, 6.07) is 10.7. The molecular weight excluding hydrogens is 376 g/mol. The predicted molar refractivity (Wildman–Crippen MR) is 101 cm³/mol. The molecule has 0 aromatic heterocycles. The Labute approximate surface area is 158 Å². The standard InChI is InChI=1S/C18H13ClN2O4S/c1-23-12-4-2-11(3-5-12)20-18-21-17(22)16(26-18)7-10-6-14-15(8-13(10)19)25-9-24-14/h2-8H,9H2,1H3,(H,20,21,22)/b16-7-. The molecule has 2 aromatic rings. The molecule has 6 nitrogen and oxygen atoms in total. The Hall–Kier alpha value is -2.64. The lowest BCUT2D eigenvalue weighted by Gasteiger charge is -2.02. The van der Waals surface area contributed by atoms with Crippen molar-refractivity contribution in [3.8, 4) is 17.2 Å². The van der Waals surface area contributed by atoms with Crippen molar-refractivity contribution in [2.75, 3.05) is 13.9 Å². The van der Waals surface area contributed by atoms with Gasteiger partial charge in [-0.1, -0.05) is 11.6 Å². The number of amidine groups is 1. The van der Waals surface area contributed by atoms with Gasteiger partial charge in [-0.05, 0) is 53.7 Å².